The van der Waals surface area contributed by atoms with Gasteiger partial charge >= 0.3 is 0 Å². The second kappa shape index (κ2) is 5.70. The zero-order valence-corrected chi connectivity index (χ0v) is 13.6. The highest BCUT2D eigenvalue weighted by Crippen LogP contribution is 2.41. The van der Waals surface area contributed by atoms with Crippen LogP contribution in [0.2, 0.25) is 0 Å². The molecule has 2 heterocycles. The van der Waals surface area contributed by atoms with Crippen LogP contribution in [0.1, 0.15) is 39.2 Å². The fourth-order valence-corrected chi connectivity index (χ4v) is 3.53. The molecule has 0 aliphatic carbocycles. The fourth-order valence-electron chi connectivity index (χ4n) is 3.53. The summed E-state index contributed by atoms with van der Waals surface area (Å²) in [6.45, 7) is 1.82. The van der Waals surface area contributed by atoms with Crippen molar-refractivity contribution < 1.29 is 14.4 Å². The Kier molecular flexibility index (Phi) is 3.50. The lowest BCUT2D eigenvalue weighted by molar-refractivity contribution is -0.150. The van der Waals surface area contributed by atoms with Gasteiger partial charge < -0.3 is 4.90 Å². The maximum absolute atomic E-state index is 12.7. The van der Waals surface area contributed by atoms with Crippen molar-refractivity contribution >= 4 is 17.7 Å². The number of β-lactam (4-membered cyclic amide) rings is 1. The van der Waals surface area contributed by atoms with Crippen LogP contribution in [0.3, 0.4) is 0 Å². The maximum atomic E-state index is 12.7. The van der Waals surface area contributed by atoms with Gasteiger partial charge in [-0.3, -0.25) is 19.3 Å². The first-order chi connectivity index (χ1) is 12.1. The largest absolute Gasteiger partial charge is 0.307 e. The van der Waals surface area contributed by atoms with Crippen molar-refractivity contribution in [3.05, 3.63) is 83.6 Å². The Morgan fingerprint density at radius 3 is 1.92 bits per heavy atom. The Balaban J connectivity index is 1.76. The summed E-state index contributed by atoms with van der Waals surface area (Å²) < 4.78 is 0. The van der Waals surface area contributed by atoms with Crippen molar-refractivity contribution in [2.24, 2.45) is 0 Å². The number of carbonyl (C=O) groups excluding carboxylic acids is 3. The number of hydrogen-bond donors (Lipinski definition) is 0. The topological polar surface area (TPSA) is 57.7 Å². The molecule has 0 saturated carbocycles. The van der Waals surface area contributed by atoms with Gasteiger partial charge in [0, 0.05) is 6.20 Å². The van der Waals surface area contributed by atoms with E-state index in [2.05, 4.69) is 0 Å². The first kappa shape index (κ1) is 15.3. The van der Waals surface area contributed by atoms with Crippen LogP contribution in [0.15, 0.2) is 66.9 Å². The molecule has 0 spiro atoms. The van der Waals surface area contributed by atoms with Crippen LogP contribution < -0.4 is 0 Å². The molecule has 0 unspecified atom stereocenters. The van der Waals surface area contributed by atoms with Gasteiger partial charge in [0.1, 0.15) is 6.04 Å². The normalized spacial score (nSPS) is 22.5. The number of hydrogen-bond acceptors (Lipinski definition) is 3. The summed E-state index contributed by atoms with van der Waals surface area (Å²) in [6.07, 6.45) is 3.46. The minimum atomic E-state index is -0.814. The molecular weight excluding hydrogens is 316 g/mol. The molecule has 124 valence electrons. The number of rotatable bonds is 3. The molecule has 0 bridgehead atoms. The molecule has 3 amide bonds. The summed E-state index contributed by atoms with van der Waals surface area (Å²) in [4.78, 5) is 40.9. The molecule has 0 radical (unpaired) electrons. The number of nitrogens with zero attached hydrogens (tertiary/aromatic N) is 2. The van der Waals surface area contributed by atoms with Gasteiger partial charge in [0.2, 0.25) is 0 Å². The van der Waals surface area contributed by atoms with E-state index in [1.807, 2.05) is 37.3 Å². The zero-order valence-electron chi connectivity index (χ0n) is 13.6. The van der Waals surface area contributed by atoms with Crippen LogP contribution in [0.5, 0.6) is 0 Å². The van der Waals surface area contributed by atoms with Crippen molar-refractivity contribution in [2.45, 2.75) is 19.0 Å². The Hall–Kier alpha value is -3.21. The summed E-state index contributed by atoms with van der Waals surface area (Å²) in [5.41, 5.74) is 1.61. The lowest BCUT2D eigenvalue weighted by atomic mass is 9.87. The highest BCUT2D eigenvalue weighted by molar-refractivity contribution is 6.23. The minimum absolute atomic E-state index is 0.249. The molecule has 1 fully saturated rings. The molecule has 2 aliphatic rings. The number of carbonyl (C=O) groups is 3. The van der Waals surface area contributed by atoms with E-state index in [0.29, 0.717) is 11.1 Å². The Labute approximate surface area is 145 Å². The van der Waals surface area contributed by atoms with Gasteiger partial charge in [0.05, 0.1) is 17.2 Å². The standard InChI is InChI=1S/C20H16N2O3/c1-2-12-21-16(13-8-4-3-5-9-13)17(20(21)25)22-18(23)14-10-6-7-11-15(14)19(22)24/h2-12,16-17H,1H3/b12-2-/t16-,17-/m0/s1. The Bertz CT molecular complexity index is 869. The summed E-state index contributed by atoms with van der Waals surface area (Å²) >= 11 is 0. The SMILES string of the molecule is C/C=C\N1C(=O)[C@@H](N2C(=O)c3ccccc3C2=O)[C@@H]1c1ccccc1. The van der Waals surface area contributed by atoms with Crippen LogP contribution in [-0.2, 0) is 4.79 Å². The summed E-state index contributed by atoms with van der Waals surface area (Å²) in [6, 6.07) is 15.0. The van der Waals surface area contributed by atoms with Crippen molar-refractivity contribution in [2.75, 3.05) is 0 Å². The lowest BCUT2D eigenvalue weighted by Gasteiger charge is -2.48. The number of fused-ring (bicyclic) bond motifs is 1. The van der Waals surface area contributed by atoms with Crippen molar-refractivity contribution in [1.82, 2.24) is 9.80 Å². The number of amides is 3. The second-order valence-electron chi connectivity index (χ2n) is 6.05. The van der Waals surface area contributed by atoms with Crippen LogP contribution in [-0.4, -0.2) is 33.6 Å². The van der Waals surface area contributed by atoms with E-state index in [1.165, 1.54) is 0 Å². The predicted octanol–water partition coefficient (Wildman–Crippen LogP) is 2.77. The molecule has 0 N–H and O–H groups in total. The molecule has 0 aromatic heterocycles. The van der Waals surface area contributed by atoms with E-state index in [1.54, 1.807) is 41.4 Å². The van der Waals surface area contributed by atoms with Crippen LogP contribution >= 0.6 is 0 Å². The fraction of sp³-hybridized carbons (Fsp3) is 0.150. The number of allylic oxidation sites excluding steroid dienone is 1. The molecule has 5 nitrogen and oxygen atoms in total. The third kappa shape index (κ3) is 2.12. The van der Waals surface area contributed by atoms with E-state index in [0.717, 1.165) is 10.5 Å². The maximum Gasteiger partial charge on any atom is 0.262 e. The second-order valence-corrected chi connectivity index (χ2v) is 6.05. The molecule has 5 heteroatoms. The van der Waals surface area contributed by atoms with Gasteiger partial charge in [-0.15, -0.1) is 0 Å². The minimum Gasteiger partial charge on any atom is -0.307 e. The van der Waals surface area contributed by atoms with Gasteiger partial charge in [0.25, 0.3) is 17.7 Å². The zero-order chi connectivity index (χ0) is 17.6. The smallest absolute Gasteiger partial charge is 0.262 e. The monoisotopic (exact) mass is 332 g/mol. The first-order valence-electron chi connectivity index (χ1n) is 8.12. The van der Waals surface area contributed by atoms with Crippen LogP contribution in [0.25, 0.3) is 0 Å². The van der Waals surface area contributed by atoms with Gasteiger partial charge in [0.15, 0.2) is 0 Å². The molecule has 2 aliphatic heterocycles. The molecule has 2 aromatic carbocycles. The number of imide groups is 1. The molecule has 1 saturated heterocycles. The van der Waals surface area contributed by atoms with Crippen molar-refractivity contribution in [3.63, 3.8) is 0 Å². The van der Waals surface area contributed by atoms with E-state index >= 15 is 0 Å². The summed E-state index contributed by atoms with van der Waals surface area (Å²) in [5.74, 6) is -1.05. The first-order valence-corrected chi connectivity index (χ1v) is 8.12. The van der Waals surface area contributed by atoms with Gasteiger partial charge in [-0.05, 0) is 24.6 Å². The van der Waals surface area contributed by atoms with E-state index < -0.39 is 17.9 Å². The third-order valence-electron chi connectivity index (χ3n) is 4.66. The van der Waals surface area contributed by atoms with Gasteiger partial charge in [-0.1, -0.05) is 48.5 Å². The lowest BCUT2D eigenvalue weighted by Crippen LogP contribution is -2.64. The molecular formula is C20H16N2O3. The molecule has 2 atom stereocenters. The Morgan fingerprint density at radius 2 is 1.36 bits per heavy atom. The van der Waals surface area contributed by atoms with Crippen molar-refractivity contribution in [1.29, 1.82) is 0 Å². The van der Waals surface area contributed by atoms with Gasteiger partial charge in [-0.25, -0.2) is 0 Å². The van der Waals surface area contributed by atoms with Crippen LogP contribution in [0.4, 0.5) is 0 Å². The van der Waals surface area contributed by atoms with Crippen LogP contribution in [0, 0.1) is 0 Å². The van der Waals surface area contributed by atoms with E-state index in [9.17, 15) is 14.4 Å². The van der Waals surface area contributed by atoms with E-state index in [4.69, 9.17) is 0 Å². The quantitative estimate of drug-likeness (QED) is 0.641. The highest BCUT2D eigenvalue weighted by Gasteiger charge is 2.56. The van der Waals surface area contributed by atoms with E-state index in [-0.39, 0.29) is 11.9 Å². The highest BCUT2D eigenvalue weighted by atomic mass is 16.2. The predicted molar refractivity (Wildman–Crippen MR) is 91.6 cm³/mol. The molecule has 2 aromatic rings. The summed E-state index contributed by atoms with van der Waals surface area (Å²) in [7, 11) is 0. The van der Waals surface area contributed by atoms with Crippen molar-refractivity contribution in [3.8, 4) is 0 Å². The Morgan fingerprint density at radius 1 is 0.800 bits per heavy atom. The third-order valence-corrected chi connectivity index (χ3v) is 4.66. The van der Waals surface area contributed by atoms with Gasteiger partial charge in [-0.2, -0.15) is 0 Å². The average molecular weight is 332 g/mol. The number of likely N-dealkylation sites (tertiary alicyclic amines) is 1. The average Bonchev–Trinajstić information content (AvgIpc) is 2.89. The number of benzene rings is 2. The molecule has 4 rings (SSSR count). The molecule has 25 heavy (non-hydrogen) atoms. The summed E-state index contributed by atoms with van der Waals surface area (Å²) in [5, 5.41) is 0.